The molecule has 1 amide bonds. The van der Waals surface area contributed by atoms with Gasteiger partial charge in [0.25, 0.3) is 5.91 Å². The number of rotatable bonds is 4. The van der Waals surface area contributed by atoms with Crippen LogP contribution in [0.1, 0.15) is 11.1 Å². The Morgan fingerprint density at radius 1 is 1.31 bits per heavy atom. The van der Waals surface area contributed by atoms with Crippen LogP contribution in [0.15, 0.2) is 24.3 Å². The highest BCUT2D eigenvalue weighted by Crippen LogP contribution is 2.08. The lowest BCUT2D eigenvalue weighted by atomic mass is 10.1. The van der Waals surface area contributed by atoms with E-state index in [4.69, 9.17) is 4.74 Å². The molecule has 4 heteroatoms. The summed E-state index contributed by atoms with van der Waals surface area (Å²) in [4.78, 5) is 22.2. The van der Waals surface area contributed by atoms with E-state index in [2.05, 4.69) is 5.32 Å². The maximum atomic E-state index is 11.4. The Morgan fingerprint density at radius 2 is 2.00 bits per heavy atom. The Morgan fingerprint density at radius 3 is 2.62 bits per heavy atom. The van der Waals surface area contributed by atoms with Crippen LogP contribution >= 0.6 is 0 Å². The van der Waals surface area contributed by atoms with Crippen LogP contribution in [0, 0.1) is 6.92 Å². The number of esters is 1. The molecule has 0 spiro atoms. The molecule has 1 N–H and O–H groups in total. The molecule has 0 heterocycles. The highest BCUT2D eigenvalue weighted by atomic mass is 16.5. The van der Waals surface area contributed by atoms with Gasteiger partial charge in [-0.3, -0.25) is 9.59 Å². The van der Waals surface area contributed by atoms with E-state index in [9.17, 15) is 9.59 Å². The molecule has 1 aromatic rings. The Bertz CT molecular complexity index is 388. The van der Waals surface area contributed by atoms with Gasteiger partial charge in [-0.05, 0) is 18.1 Å². The smallest absolute Gasteiger partial charge is 0.310 e. The SMILES string of the molecule is CNC(=O)COC(=O)Cc1ccccc1C. The van der Waals surface area contributed by atoms with E-state index in [1.165, 1.54) is 7.05 Å². The summed E-state index contributed by atoms with van der Waals surface area (Å²) in [5.41, 5.74) is 1.96. The summed E-state index contributed by atoms with van der Waals surface area (Å²) in [5, 5.41) is 2.38. The van der Waals surface area contributed by atoms with E-state index in [-0.39, 0.29) is 18.9 Å². The standard InChI is InChI=1S/C12H15NO3/c1-9-5-3-4-6-10(9)7-12(15)16-8-11(14)13-2/h3-6H,7-8H2,1-2H3,(H,13,14). The van der Waals surface area contributed by atoms with Gasteiger partial charge in [0.15, 0.2) is 6.61 Å². The van der Waals surface area contributed by atoms with Crippen molar-refractivity contribution < 1.29 is 14.3 Å². The van der Waals surface area contributed by atoms with E-state index in [1.807, 2.05) is 31.2 Å². The average molecular weight is 221 g/mol. The molecule has 4 nitrogen and oxygen atoms in total. The largest absolute Gasteiger partial charge is 0.455 e. The molecule has 1 aromatic carbocycles. The lowest BCUT2D eigenvalue weighted by Gasteiger charge is -2.05. The van der Waals surface area contributed by atoms with Gasteiger partial charge in [-0.1, -0.05) is 24.3 Å². The van der Waals surface area contributed by atoms with E-state index in [1.54, 1.807) is 0 Å². The topological polar surface area (TPSA) is 55.4 Å². The minimum absolute atomic E-state index is 0.198. The number of aryl methyl sites for hydroxylation is 1. The van der Waals surface area contributed by atoms with E-state index in [0.717, 1.165) is 11.1 Å². The van der Waals surface area contributed by atoms with Gasteiger partial charge in [-0.2, -0.15) is 0 Å². The zero-order valence-electron chi connectivity index (χ0n) is 9.45. The molecular formula is C12H15NO3. The van der Waals surface area contributed by atoms with Crippen molar-refractivity contribution in [3.63, 3.8) is 0 Å². The highest BCUT2D eigenvalue weighted by Gasteiger charge is 2.08. The van der Waals surface area contributed by atoms with E-state index in [0.29, 0.717) is 0 Å². The normalized spacial score (nSPS) is 9.62. The zero-order chi connectivity index (χ0) is 12.0. The van der Waals surface area contributed by atoms with Gasteiger partial charge in [0.05, 0.1) is 6.42 Å². The number of benzene rings is 1. The van der Waals surface area contributed by atoms with Crippen molar-refractivity contribution in [3.8, 4) is 0 Å². The third-order valence-electron chi connectivity index (χ3n) is 2.24. The number of carbonyl (C=O) groups excluding carboxylic acids is 2. The number of likely N-dealkylation sites (N-methyl/N-ethyl adjacent to an activating group) is 1. The predicted octanol–water partition coefficient (Wildman–Crippen LogP) is 0.827. The highest BCUT2D eigenvalue weighted by molar-refractivity contribution is 5.81. The van der Waals surface area contributed by atoms with Gasteiger partial charge in [0.1, 0.15) is 0 Å². The Kier molecular flexibility index (Phi) is 4.51. The number of ether oxygens (including phenoxy) is 1. The fraction of sp³-hybridized carbons (Fsp3) is 0.333. The quantitative estimate of drug-likeness (QED) is 0.766. The van der Waals surface area contributed by atoms with Crippen LogP contribution in [0.3, 0.4) is 0 Å². The summed E-state index contributed by atoms with van der Waals surface area (Å²) in [5.74, 6) is -0.698. The molecule has 0 atom stereocenters. The third-order valence-corrected chi connectivity index (χ3v) is 2.24. The minimum Gasteiger partial charge on any atom is -0.455 e. The summed E-state index contributed by atoms with van der Waals surface area (Å²) < 4.78 is 4.80. The number of hydrogen-bond acceptors (Lipinski definition) is 3. The van der Waals surface area contributed by atoms with Gasteiger partial charge < -0.3 is 10.1 Å². The molecule has 0 aliphatic carbocycles. The van der Waals surface area contributed by atoms with Crippen LogP contribution in [-0.2, 0) is 20.7 Å². The second-order valence-electron chi connectivity index (χ2n) is 3.44. The minimum atomic E-state index is -0.391. The van der Waals surface area contributed by atoms with Crippen LogP contribution in [0.2, 0.25) is 0 Å². The number of hydrogen-bond donors (Lipinski definition) is 1. The van der Waals surface area contributed by atoms with Gasteiger partial charge in [-0.25, -0.2) is 0 Å². The van der Waals surface area contributed by atoms with Gasteiger partial charge in [-0.15, -0.1) is 0 Å². The van der Waals surface area contributed by atoms with Crippen LogP contribution in [-0.4, -0.2) is 25.5 Å². The molecule has 0 bridgehead atoms. The summed E-state index contributed by atoms with van der Waals surface area (Å²) in [6.45, 7) is 1.71. The number of nitrogens with one attached hydrogen (secondary N) is 1. The molecule has 0 unspecified atom stereocenters. The maximum absolute atomic E-state index is 11.4. The van der Waals surface area contributed by atoms with Gasteiger partial charge in [0, 0.05) is 7.05 Å². The Balaban J connectivity index is 2.46. The van der Waals surface area contributed by atoms with Crippen LogP contribution in [0.25, 0.3) is 0 Å². The Labute approximate surface area is 94.6 Å². The fourth-order valence-corrected chi connectivity index (χ4v) is 1.23. The lowest BCUT2D eigenvalue weighted by Crippen LogP contribution is -2.25. The first-order valence-corrected chi connectivity index (χ1v) is 5.04. The van der Waals surface area contributed by atoms with Crippen molar-refractivity contribution >= 4 is 11.9 Å². The molecule has 0 aliphatic rings. The van der Waals surface area contributed by atoms with Crippen molar-refractivity contribution in [3.05, 3.63) is 35.4 Å². The maximum Gasteiger partial charge on any atom is 0.310 e. The lowest BCUT2D eigenvalue weighted by molar-refractivity contribution is -0.147. The molecular weight excluding hydrogens is 206 g/mol. The predicted molar refractivity (Wildman–Crippen MR) is 59.9 cm³/mol. The zero-order valence-corrected chi connectivity index (χ0v) is 9.45. The van der Waals surface area contributed by atoms with Crippen molar-refractivity contribution in [2.24, 2.45) is 0 Å². The van der Waals surface area contributed by atoms with Crippen LogP contribution in [0.5, 0.6) is 0 Å². The van der Waals surface area contributed by atoms with E-state index >= 15 is 0 Å². The molecule has 1 rings (SSSR count). The summed E-state index contributed by atoms with van der Waals surface area (Å²) in [6, 6.07) is 7.58. The van der Waals surface area contributed by atoms with Gasteiger partial charge in [0.2, 0.25) is 0 Å². The van der Waals surface area contributed by atoms with Gasteiger partial charge >= 0.3 is 5.97 Å². The molecule has 0 aromatic heterocycles. The fourth-order valence-electron chi connectivity index (χ4n) is 1.23. The third kappa shape index (κ3) is 3.73. The number of amides is 1. The second kappa shape index (κ2) is 5.90. The first-order chi connectivity index (χ1) is 7.63. The van der Waals surface area contributed by atoms with Crippen molar-refractivity contribution in [1.82, 2.24) is 5.32 Å². The number of carbonyl (C=O) groups is 2. The summed E-state index contributed by atoms with van der Waals surface area (Å²) >= 11 is 0. The van der Waals surface area contributed by atoms with Crippen molar-refractivity contribution in [2.45, 2.75) is 13.3 Å². The first-order valence-electron chi connectivity index (χ1n) is 5.04. The van der Waals surface area contributed by atoms with Crippen LogP contribution in [0.4, 0.5) is 0 Å². The van der Waals surface area contributed by atoms with Crippen LogP contribution < -0.4 is 5.32 Å². The molecule has 86 valence electrons. The molecule has 0 saturated heterocycles. The first kappa shape index (κ1) is 12.2. The summed E-state index contributed by atoms with van der Waals surface area (Å²) in [6.07, 6.45) is 0.198. The van der Waals surface area contributed by atoms with E-state index < -0.39 is 5.97 Å². The molecule has 0 aliphatic heterocycles. The monoisotopic (exact) mass is 221 g/mol. The Hall–Kier alpha value is -1.84. The summed E-state index contributed by atoms with van der Waals surface area (Å²) in [7, 11) is 1.50. The second-order valence-corrected chi connectivity index (χ2v) is 3.44. The molecule has 0 fully saturated rings. The molecule has 0 radical (unpaired) electrons. The molecule has 0 saturated carbocycles. The van der Waals surface area contributed by atoms with Crippen molar-refractivity contribution in [1.29, 1.82) is 0 Å². The molecule has 16 heavy (non-hydrogen) atoms. The van der Waals surface area contributed by atoms with Crippen molar-refractivity contribution in [2.75, 3.05) is 13.7 Å². The average Bonchev–Trinajstić information content (AvgIpc) is 2.29.